The highest BCUT2D eigenvalue weighted by Crippen LogP contribution is 2.19. The van der Waals surface area contributed by atoms with Gasteiger partial charge in [-0.2, -0.15) is 0 Å². The van der Waals surface area contributed by atoms with Crippen LogP contribution in [0.3, 0.4) is 0 Å². The molecule has 0 radical (unpaired) electrons. The normalized spacial score (nSPS) is 14.6. The van der Waals surface area contributed by atoms with E-state index in [4.69, 9.17) is 4.74 Å². The van der Waals surface area contributed by atoms with Crippen LogP contribution in [-0.2, 0) is 4.74 Å². The van der Waals surface area contributed by atoms with Crippen molar-refractivity contribution in [1.29, 1.82) is 0 Å². The van der Waals surface area contributed by atoms with Gasteiger partial charge in [0.15, 0.2) is 0 Å². The number of ether oxygens (including phenoxy) is 1. The summed E-state index contributed by atoms with van der Waals surface area (Å²) in [5, 5.41) is 12.7. The largest absolute Gasteiger partial charge is 0.389 e. The summed E-state index contributed by atoms with van der Waals surface area (Å²) < 4.78 is 18.4. The Balaban J connectivity index is 2.57. The fourth-order valence-corrected chi connectivity index (χ4v) is 1.76. The molecule has 4 heteroatoms. The molecule has 0 heterocycles. The van der Waals surface area contributed by atoms with Crippen molar-refractivity contribution in [3.8, 4) is 0 Å². The van der Waals surface area contributed by atoms with Crippen molar-refractivity contribution in [3.63, 3.8) is 0 Å². The predicted octanol–water partition coefficient (Wildman–Crippen LogP) is 1.87. The van der Waals surface area contributed by atoms with Crippen LogP contribution in [0.2, 0.25) is 0 Å². The summed E-state index contributed by atoms with van der Waals surface area (Å²) in [6.45, 7) is 2.65. The lowest BCUT2D eigenvalue weighted by Crippen LogP contribution is -2.33. The van der Waals surface area contributed by atoms with Gasteiger partial charge in [-0.05, 0) is 12.5 Å². The van der Waals surface area contributed by atoms with Gasteiger partial charge in [-0.1, -0.05) is 25.1 Å². The first-order valence-electron chi connectivity index (χ1n) is 5.83. The van der Waals surface area contributed by atoms with E-state index < -0.39 is 6.10 Å². The van der Waals surface area contributed by atoms with Crippen LogP contribution in [0.4, 0.5) is 4.39 Å². The molecule has 1 aromatic rings. The monoisotopic (exact) mass is 241 g/mol. The summed E-state index contributed by atoms with van der Waals surface area (Å²) in [6.07, 6.45) is 0.196. The van der Waals surface area contributed by atoms with E-state index in [2.05, 4.69) is 5.32 Å². The van der Waals surface area contributed by atoms with Crippen molar-refractivity contribution in [2.24, 2.45) is 0 Å². The molecule has 0 saturated carbocycles. The van der Waals surface area contributed by atoms with Gasteiger partial charge in [0.2, 0.25) is 0 Å². The minimum absolute atomic E-state index is 0.0808. The molecule has 0 spiro atoms. The average Bonchev–Trinajstić information content (AvgIpc) is 2.32. The molecule has 0 aliphatic heterocycles. The first kappa shape index (κ1) is 14.1. The molecule has 2 atom stereocenters. The quantitative estimate of drug-likeness (QED) is 0.765. The van der Waals surface area contributed by atoms with Crippen LogP contribution >= 0.6 is 0 Å². The summed E-state index contributed by atoms with van der Waals surface area (Å²) in [5.41, 5.74) is 0.639. The van der Waals surface area contributed by atoms with Gasteiger partial charge in [0.25, 0.3) is 0 Å². The van der Waals surface area contributed by atoms with E-state index in [9.17, 15) is 9.50 Å². The minimum atomic E-state index is -0.569. The number of halogens is 1. The zero-order chi connectivity index (χ0) is 12.7. The molecule has 0 saturated heterocycles. The molecule has 0 fully saturated rings. The highest BCUT2D eigenvalue weighted by molar-refractivity contribution is 5.21. The number of aliphatic hydroxyl groups is 1. The van der Waals surface area contributed by atoms with Crippen molar-refractivity contribution in [2.75, 3.05) is 20.3 Å². The minimum Gasteiger partial charge on any atom is -0.389 e. The Hall–Kier alpha value is -0.970. The van der Waals surface area contributed by atoms with E-state index in [1.807, 2.05) is 13.0 Å². The van der Waals surface area contributed by atoms with E-state index in [1.54, 1.807) is 12.1 Å². The number of nitrogens with one attached hydrogen (secondary N) is 1. The van der Waals surface area contributed by atoms with Crippen LogP contribution in [0.1, 0.15) is 24.9 Å². The molecule has 1 rings (SSSR count). The number of aliphatic hydroxyl groups excluding tert-OH is 1. The van der Waals surface area contributed by atoms with Crippen molar-refractivity contribution in [2.45, 2.75) is 25.5 Å². The van der Waals surface area contributed by atoms with Crippen LogP contribution in [0.5, 0.6) is 0 Å². The van der Waals surface area contributed by atoms with Gasteiger partial charge >= 0.3 is 0 Å². The highest BCUT2D eigenvalue weighted by atomic mass is 19.1. The van der Waals surface area contributed by atoms with Crippen molar-refractivity contribution in [1.82, 2.24) is 5.32 Å². The number of hydrogen-bond donors (Lipinski definition) is 2. The zero-order valence-electron chi connectivity index (χ0n) is 10.3. The molecule has 0 aliphatic carbocycles. The van der Waals surface area contributed by atoms with Gasteiger partial charge in [-0.15, -0.1) is 0 Å². The van der Waals surface area contributed by atoms with Gasteiger partial charge in [-0.3, -0.25) is 0 Å². The van der Waals surface area contributed by atoms with E-state index in [1.165, 1.54) is 13.2 Å². The van der Waals surface area contributed by atoms with Crippen molar-refractivity contribution in [3.05, 3.63) is 35.6 Å². The lowest BCUT2D eigenvalue weighted by molar-refractivity contribution is 0.0625. The third kappa shape index (κ3) is 4.42. The first-order chi connectivity index (χ1) is 8.19. The number of rotatable bonds is 7. The van der Waals surface area contributed by atoms with Crippen LogP contribution in [0.15, 0.2) is 24.3 Å². The van der Waals surface area contributed by atoms with E-state index in [0.29, 0.717) is 12.1 Å². The first-order valence-corrected chi connectivity index (χ1v) is 5.83. The van der Waals surface area contributed by atoms with E-state index >= 15 is 0 Å². The average molecular weight is 241 g/mol. The number of benzene rings is 1. The van der Waals surface area contributed by atoms with Crippen LogP contribution < -0.4 is 5.32 Å². The van der Waals surface area contributed by atoms with Crippen LogP contribution in [-0.4, -0.2) is 31.5 Å². The predicted molar refractivity (Wildman–Crippen MR) is 65.3 cm³/mol. The molecular formula is C13H20FNO2. The number of methoxy groups -OCH3 is 1. The summed E-state index contributed by atoms with van der Waals surface area (Å²) >= 11 is 0. The molecule has 0 aromatic heterocycles. The molecule has 0 amide bonds. The molecule has 2 N–H and O–H groups in total. The zero-order valence-corrected chi connectivity index (χ0v) is 10.3. The molecule has 2 unspecified atom stereocenters. The standard InChI is InChI=1S/C13H20FNO2/c1-3-13(15-8-10(16)9-17-2)11-6-4-5-7-12(11)14/h4-7,10,13,15-16H,3,8-9H2,1-2H3. The van der Waals surface area contributed by atoms with Gasteiger partial charge in [-0.25, -0.2) is 4.39 Å². The van der Waals surface area contributed by atoms with Crippen molar-refractivity contribution >= 4 is 0 Å². The van der Waals surface area contributed by atoms with Gasteiger partial charge in [0.1, 0.15) is 5.82 Å². The molecule has 96 valence electrons. The summed E-state index contributed by atoms with van der Waals surface area (Å²) in [7, 11) is 1.54. The van der Waals surface area contributed by atoms with Gasteiger partial charge < -0.3 is 15.2 Å². The van der Waals surface area contributed by atoms with Gasteiger partial charge in [0, 0.05) is 25.3 Å². The third-order valence-electron chi connectivity index (χ3n) is 2.65. The van der Waals surface area contributed by atoms with Gasteiger partial charge in [0.05, 0.1) is 12.7 Å². The SMILES string of the molecule is CCC(NCC(O)COC)c1ccccc1F. The number of hydrogen-bond acceptors (Lipinski definition) is 3. The maximum Gasteiger partial charge on any atom is 0.127 e. The molecule has 3 nitrogen and oxygen atoms in total. The fraction of sp³-hybridized carbons (Fsp3) is 0.538. The smallest absolute Gasteiger partial charge is 0.127 e. The highest BCUT2D eigenvalue weighted by Gasteiger charge is 2.14. The molecule has 0 aliphatic rings. The van der Waals surface area contributed by atoms with Crippen molar-refractivity contribution < 1.29 is 14.2 Å². The van der Waals surface area contributed by atoms with Crippen LogP contribution in [0.25, 0.3) is 0 Å². The third-order valence-corrected chi connectivity index (χ3v) is 2.65. The Morgan fingerprint density at radius 2 is 2.12 bits per heavy atom. The Morgan fingerprint density at radius 1 is 1.41 bits per heavy atom. The maximum absolute atomic E-state index is 13.6. The Kier molecular flexibility index (Phi) is 6.11. The summed E-state index contributed by atoms with van der Waals surface area (Å²) in [6, 6.07) is 6.62. The second-order valence-corrected chi connectivity index (χ2v) is 4.00. The van der Waals surface area contributed by atoms with E-state index in [-0.39, 0.29) is 18.5 Å². The second kappa shape index (κ2) is 7.37. The second-order valence-electron chi connectivity index (χ2n) is 4.00. The maximum atomic E-state index is 13.6. The lowest BCUT2D eigenvalue weighted by Gasteiger charge is -2.20. The summed E-state index contributed by atoms with van der Waals surface area (Å²) in [4.78, 5) is 0. The molecule has 17 heavy (non-hydrogen) atoms. The fourth-order valence-electron chi connectivity index (χ4n) is 1.76. The molecule has 1 aromatic carbocycles. The van der Waals surface area contributed by atoms with Crippen LogP contribution in [0, 0.1) is 5.82 Å². The summed E-state index contributed by atoms with van der Waals surface area (Å²) in [5.74, 6) is -0.215. The van der Waals surface area contributed by atoms with E-state index in [0.717, 1.165) is 6.42 Å². The molecule has 0 bridgehead atoms. The Bertz CT molecular complexity index is 333. The Morgan fingerprint density at radius 3 is 2.71 bits per heavy atom. The lowest BCUT2D eigenvalue weighted by atomic mass is 10.0. The molecular weight excluding hydrogens is 221 g/mol. The Labute approximate surface area is 102 Å². The topological polar surface area (TPSA) is 41.5 Å².